The van der Waals surface area contributed by atoms with Gasteiger partial charge in [-0.3, -0.25) is 0 Å². The van der Waals surface area contributed by atoms with Crippen molar-refractivity contribution in [1.82, 2.24) is 15.3 Å². The van der Waals surface area contributed by atoms with Gasteiger partial charge < -0.3 is 15.0 Å². The van der Waals surface area contributed by atoms with Crippen LogP contribution in [-0.2, 0) is 0 Å². The van der Waals surface area contributed by atoms with E-state index in [1.54, 1.807) is 0 Å². The summed E-state index contributed by atoms with van der Waals surface area (Å²) >= 11 is 0. The number of nitrogens with zero attached hydrogens (tertiary/aromatic N) is 1. The second-order valence-corrected chi connectivity index (χ2v) is 3.87. The van der Waals surface area contributed by atoms with Gasteiger partial charge in [-0.2, -0.15) is 0 Å². The molecular formula is C11H13N3O. The molecule has 15 heavy (non-hydrogen) atoms. The van der Waals surface area contributed by atoms with Crippen molar-refractivity contribution >= 4 is 11.0 Å². The topological polar surface area (TPSA) is 49.9 Å². The normalized spacial score (nSPS) is 16.6. The molecule has 0 aliphatic carbocycles. The summed E-state index contributed by atoms with van der Waals surface area (Å²) < 4.78 is 5.83. The monoisotopic (exact) mass is 203 g/mol. The van der Waals surface area contributed by atoms with Gasteiger partial charge in [0.05, 0.1) is 5.52 Å². The zero-order valence-corrected chi connectivity index (χ0v) is 8.58. The highest BCUT2D eigenvalue weighted by Gasteiger charge is 2.19. The Morgan fingerprint density at radius 3 is 3.00 bits per heavy atom. The summed E-state index contributed by atoms with van der Waals surface area (Å²) in [6.07, 6.45) is 0.299. The standard InChI is InChI=1S/C11H13N3O/c1-7-13-9-3-2-4-10(11(9)14-7)15-8-5-12-6-8/h2-4,8,12H,5-6H2,1H3,(H,13,14). The smallest absolute Gasteiger partial charge is 0.147 e. The molecule has 4 nitrogen and oxygen atoms in total. The number of imidazole rings is 1. The van der Waals surface area contributed by atoms with E-state index in [0.29, 0.717) is 6.10 Å². The van der Waals surface area contributed by atoms with Crippen molar-refractivity contribution in [2.75, 3.05) is 13.1 Å². The number of aryl methyl sites for hydroxylation is 1. The van der Waals surface area contributed by atoms with Gasteiger partial charge in [-0.25, -0.2) is 4.98 Å². The molecule has 0 atom stereocenters. The first-order chi connectivity index (χ1) is 7.33. The van der Waals surface area contributed by atoms with Crippen molar-refractivity contribution in [2.24, 2.45) is 0 Å². The number of ether oxygens (including phenoxy) is 1. The minimum atomic E-state index is 0.299. The van der Waals surface area contributed by atoms with E-state index < -0.39 is 0 Å². The predicted octanol–water partition coefficient (Wildman–Crippen LogP) is 1.22. The van der Waals surface area contributed by atoms with Gasteiger partial charge in [-0.15, -0.1) is 0 Å². The van der Waals surface area contributed by atoms with E-state index >= 15 is 0 Å². The second kappa shape index (κ2) is 3.24. The highest BCUT2D eigenvalue weighted by Crippen LogP contribution is 2.24. The van der Waals surface area contributed by atoms with Gasteiger partial charge in [0, 0.05) is 13.1 Å². The summed E-state index contributed by atoms with van der Waals surface area (Å²) in [5.74, 6) is 1.80. The maximum Gasteiger partial charge on any atom is 0.147 e. The Morgan fingerprint density at radius 1 is 1.40 bits per heavy atom. The van der Waals surface area contributed by atoms with E-state index in [1.165, 1.54) is 0 Å². The zero-order valence-electron chi connectivity index (χ0n) is 8.58. The minimum Gasteiger partial charge on any atom is -0.485 e. The average Bonchev–Trinajstić information content (AvgIpc) is 2.52. The molecule has 3 rings (SSSR count). The van der Waals surface area contributed by atoms with Gasteiger partial charge in [0.2, 0.25) is 0 Å². The van der Waals surface area contributed by atoms with Crippen LogP contribution in [0.1, 0.15) is 5.82 Å². The molecule has 1 fully saturated rings. The molecule has 1 saturated heterocycles. The molecule has 4 heteroatoms. The molecular weight excluding hydrogens is 190 g/mol. The van der Waals surface area contributed by atoms with Gasteiger partial charge in [-0.1, -0.05) is 6.07 Å². The Kier molecular flexibility index (Phi) is 1.89. The fourth-order valence-corrected chi connectivity index (χ4v) is 1.75. The number of fused-ring (bicyclic) bond motifs is 1. The number of nitrogens with one attached hydrogen (secondary N) is 2. The lowest BCUT2D eigenvalue weighted by Gasteiger charge is -2.27. The lowest BCUT2D eigenvalue weighted by molar-refractivity contribution is 0.144. The summed E-state index contributed by atoms with van der Waals surface area (Å²) in [6, 6.07) is 5.98. The molecule has 0 bridgehead atoms. The van der Waals surface area contributed by atoms with Gasteiger partial charge in [0.1, 0.15) is 23.2 Å². The summed E-state index contributed by atoms with van der Waals surface area (Å²) in [4.78, 5) is 7.62. The van der Waals surface area contributed by atoms with Crippen LogP contribution >= 0.6 is 0 Å². The van der Waals surface area contributed by atoms with E-state index in [9.17, 15) is 0 Å². The fourth-order valence-electron chi connectivity index (χ4n) is 1.75. The van der Waals surface area contributed by atoms with Crippen molar-refractivity contribution < 1.29 is 4.74 Å². The Bertz CT molecular complexity index is 488. The summed E-state index contributed by atoms with van der Waals surface area (Å²) in [6.45, 7) is 3.81. The zero-order chi connectivity index (χ0) is 10.3. The van der Waals surface area contributed by atoms with Gasteiger partial charge in [-0.05, 0) is 19.1 Å². The number of benzene rings is 1. The van der Waals surface area contributed by atoms with E-state index in [2.05, 4.69) is 15.3 Å². The quantitative estimate of drug-likeness (QED) is 0.771. The van der Waals surface area contributed by atoms with Crippen LogP contribution < -0.4 is 10.1 Å². The number of para-hydroxylation sites is 1. The van der Waals surface area contributed by atoms with Crippen molar-refractivity contribution in [1.29, 1.82) is 0 Å². The third-order valence-electron chi connectivity index (χ3n) is 2.63. The maximum atomic E-state index is 5.83. The Morgan fingerprint density at radius 2 is 2.27 bits per heavy atom. The van der Waals surface area contributed by atoms with E-state index in [4.69, 9.17) is 4.74 Å². The van der Waals surface area contributed by atoms with Crippen molar-refractivity contribution in [3.05, 3.63) is 24.0 Å². The Labute approximate surface area is 87.7 Å². The minimum absolute atomic E-state index is 0.299. The summed E-state index contributed by atoms with van der Waals surface area (Å²) in [5, 5.41) is 3.18. The summed E-state index contributed by atoms with van der Waals surface area (Å²) in [7, 11) is 0. The van der Waals surface area contributed by atoms with Crippen molar-refractivity contribution in [2.45, 2.75) is 13.0 Å². The second-order valence-electron chi connectivity index (χ2n) is 3.87. The first kappa shape index (κ1) is 8.73. The molecule has 0 spiro atoms. The van der Waals surface area contributed by atoms with Crippen LogP contribution in [0.3, 0.4) is 0 Å². The van der Waals surface area contributed by atoms with Crippen LogP contribution in [-0.4, -0.2) is 29.2 Å². The number of aromatic amines is 1. The fraction of sp³-hybridized carbons (Fsp3) is 0.364. The van der Waals surface area contributed by atoms with Crippen LogP contribution in [0.4, 0.5) is 0 Å². The molecule has 78 valence electrons. The number of rotatable bonds is 2. The predicted molar refractivity (Wildman–Crippen MR) is 58.1 cm³/mol. The number of hydrogen-bond donors (Lipinski definition) is 2. The van der Waals surface area contributed by atoms with Crippen LogP contribution in [0.25, 0.3) is 11.0 Å². The largest absolute Gasteiger partial charge is 0.485 e. The van der Waals surface area contributed by atoms with Crippen LogP contribution in [0, 0.1) is 6.92 Å². The molecule has 0 unspecified atom stereocenters. The lowest BCUT2D eigenvalue weighted by atomic mass is 10.2. The van der Waals surface area contributed by atoms with E-state index in [0.717, 1.165) is 35.7 Å². The van der Waals surface area contributed by atoms with Crippen LogP contribution in [0.5, 0.6) is 5.75 Å². The Balaban J connectivity index is 2.00. The molecule has 0 amide bonds. The van der Waals surface area contributed by atoms with Crippen molar-refractivity contribution in [3.8, 4) is 5.75 Å². The van der Waals surface area contributed by atoms with Gasteiger partial charge in [0.25, 0.3) is 0 Å². The number of aromatic nitrogens is 2. The molecule has 2 N–H and O–H groups in total. The highest BCUT2D eigenvalue weighted by atomic mass is 16.5. The van der Waals surface area contributed by atoms with Gasteiger partial charge in [0.15, 0.2) is 0 Å². The van der Waals surface area contributed by atoms with Crippen LogP contribution in [0.2, 0.25) is 0 Å². The first-order valence-corrected chi connectivity index (χ1v) is 5.15. The molecule has 1 aliphatic heterocycles. The molecule has 1 aromatic carbocycles. The van der Waals surface area contributed by atoms with Crippen LogP contribution in [0.15, 0.2) is 18.2 Å². The lowest BCUT2D eigenvalue weighted by Crippen LogP contribution is -2.50. The molecule has 1 aromatic heterocycles. The van der Waals surface area contributed by atoms with Crippen molar-refractivity contribution in [3.63, 3.8) is 0 Å². The Hall–Kier alpha value is -1.55. The summed E-state index contributed by atoms with van der Waals surface area (Å²) in [5.41, 5.74) is 1.97. The van der Waals surface area contributed by atoms with E-state index in [1.807, 2.05) is 25.1 Å². The third-order valence-corrected chi connectivity index (χ3v) is 2.63. The molecule has 2 aromatic rings. The SMILES string of the molecule is Cc1nc2c(OC3CNC3)cccc2[nH]1. The average molecular weight is 203 g/mol. The molecule has 0 saturated carbocycles. The number of hydrogen-bond acceptors (Lipinski definition) is 3. The maximum absolute atomic E-state index is 5.83. The highest BCUT2D eigenvalue weighted by molar-refractivity contribution is 5.81. The molecule has 1 aliphatic rings. The van der Waals surface area contributed by atoms with Gasteiger partial charge >= 0.3 is 0 Å². The third kappa shape index (κ3) is 1.47. The molecule has 2 heterocycles. The number of H-pyrrole nitrogens is 1. The van der Waals surface area contributed by atoms with E-state index in [-0.39, 0.29) is 0 Å². The molecule has 0 radical (unpaired) electrons. The first-order valence-electron chi connectivity index (χ1n) is 5.15.